The van der Waals surface area contributed by atoms with Crippen LogP contribution >= 0.6 is 0 Å². The van der Waals surface area contributed by atoms with Crippen molar-refractivity contribution in [2.24, 2.45) is 47.3 Å². The summed E-state index contributed by atoms with van der Waals surface area (Å²) < 4.78 is 31.4. The summed E-state index contributed by atoms with van der Waals surface area (Å²) in [6.45, 7) is 1.39. The first-order valence-corrected chi connectivity index (χ1v) is 22.6. The predicted octanol–water partition coefficient (Wildman–Crippen LogP) is 1.45. The van der Waals surface area contributed by atoms with Gasteiger partial charge in [-0.2, -0.15) is 0 Å². The van der Waals surface area contributed by atoms with Crippen LogP contribution in [-0.4, -0.2) is 95.1 Å². The molecule has 295 valence electrons. The molecule has 0 aromatic carbocycles. The third-order valence-electron chi connectivity index (χ3n) is 15.3. The third kappa shape index (κ3) is 7.40. The van der Waals surface area contributed by atoms with Crippen LogP contribution in [0.2, 0.25) is 0 Å². The van der Waals surface area contributed by atoms with E-state index in [1.54, 1.807) is 0 Å². The molecule has 4 saturated carbocycles. The van der Waals surface area contributed by atoms with Crippen LogP contribution in [-0.2, 0) is 27.1 Å². The standard InChI is InChI=1S/C37H68N10O2S.Cu/c1-47(2)20-10-19-38-50(48,49)28-18-9-17-27-29(28)37-45-35-26-16-8-7-15-25(26)33(43-35)41-31-22-12-4-3-11-21(22)30(39-31)40-32-23-13-5-6-14-24(23)34(42-32)44-36(27)46-37;/h21-46H,3-20H2,1-2H3;. The first-order valence-electron chi connectivity index (χ1n) is 21.1. The van der Waals surface area contributed by atoms with Gasteiger partial charge in [-0.15, -0.1) is 0 Å². The zero-order valence-corrected chi connectivity index (χ0v) is 32.8. The maximum Gasteiger partial charge on any atom is 0.214 e. The molecular weight excluding hydrogens is 712 g/mol. The van der Waals surface area contributed by atoms with Crippen LogP contribution in [0.4, 0.5) is 0 Å². The molecule has 9 aliphatic rings. The van der Waals surface area contributed by atoms with Crippen molar-refractivity contribution in [3.05, 3.63) is 0 Å². The molecule has 4 aliphatic carbocycles. The van der Waals surface area contributed by atoms with E-state index in [1.807, 2.05) is 14.1 Å². The van der Waals surface area contributed by atoms with Crippen molar-refractivity contribution in [2.75, 3.05) is 27.2 Å². The fraction of sp³-hybridized carbons (Fsp3) is 1.00. The number of nitrogens with zero attached hydrogens (tertiary/aromatic N) is 1. The van der Waals surface area contributed by atoms with Crippen LogP contribution in [0.5, 0.6) is 0 Å². The minimum absolute atomic E-state index is 0. The van der Waals surface area contributed by atoms with Crippen LogP contribution in [0.3, 0.4) is 0 Å². The summed E-state index contributed by atoms with van der Waals surface area (Å²) in [7, 11) is 0.618. The van der Waals surface area contributed by atoms with Crippen molar-refractivity contribution in [1.29, 1.82) is 0 Å². The summed E-state index contributed by atoms with van der Waals surface area (Å²) in [5.41, 5.74) is 0. The molecule has 5 saturated heterocycles. The van der Waals surface area contributed by atoms with Crippen molar-refractivity contribution < 1.29 is 25.5 Å². The maximum absolute atomic E-state index is 14.2. The van der Waals surface area contributed by atoms with Gasteiger partial charge in [-0.1, -0.05) is 44.9 Å². The largest absolute Gasteiger partial charge is 0.309 e. The monoisotopic (exact) mass is 779 g/mol. The van der Waals surface area contributed by atoms with Crippen molar-refractivity contribution in [3.63, 3.8) is 0 Å². The molecule has 9 N–H and O–H groups in total. The van der Waals surface area contributed by atoms with E-state index in [4.69, 9.17) is 0 Å². The maximum atomic E-state index is 14.2. The molecule has 0 spiro atoms. The second-order valence-corrected chi connectivity index (χ2v) is 20.3. The van der Waals surface area contributed by atoms with Gasteiger partial charge in [-0.3, -0.25) is 42.5 Å². The van der Waals surface area contributed by atoms with Gasteiger partial charge in [0.25, 0.3) is 0 Å². The number of hydrogen-bond acceptors (Lipinski definition) is 11. The topological polar surface area (TPSA) is 146 Å². The molecule has 12 nitrogen and oxygen atoms in total. The Hall–Kier alpha value is 0.0695. The summed E-state index contributed by atoms with van der Waals surface area (Å²) in [5, 5.41) is 32.9. The summed E-state index contributed by atoms with van der Waals surface area (Å²) in [6, 6.07) is 0. The Morgan fingerprint density at radius 2 is 0.824 bits per heavy atom. The average molecular weight is 781 g/mol. The van der Waals surface area contributed by atoms with Crippen LogP contribution in [0.25, 0.3) is 0 Å². The molecule has 0 amide bonds. The minimum atomic E-state index is -3.48. The molecular formula is C37H68CuN10O2S. The summed E-state index contributed by atoms with van der Waals surface area (Å²) >= 11 is 0. The van der Waals surface area contributed by atoms with Gasteiger partial charge in [-0.05, 0) is 120 Å². The first kappa shape index (κ1) is 38.0. The quantitative estimate of drug-likeness (QED) is 0.143. The van der Waals surface area contributed by atoms with Gasteiger partial charge in [0.15, 0.2) is 0 Å². The molecule has 1 radical (unpaired) electrons. The molecule has 0 aromatic heterocycles. The smallest absolute Gasteiger partial charge is 0.214 e. The van der Waals surface area contributed by atoms with Gasteiger partial charge >= 0.3 is 0 Å². The van der Waals surface area contributed by atoms with Crippen molar-refractivity contribution in [1.82, 2.24) is 52.2 Å². The normalized spacial score (nSPS) is 49.4. The Morgan fingerprint density at radius 3 is 1.20 bits per heavy atom. The van der Waals surface area contributed by atoms with Gasteiger partial charge in [0.1, 0.15) is 0 Å². The number of nitrogens with one attached hydrogen (secondary N) is 9. The summed E-state index contributed by atoms with van der Waals surface area (Å²) in [4.78, 5) is 2.13. The number of rotatable bonds is 6. The van der Waals surface area contributed by atoms with E-state index in [9.17, 15) is 8.42 Å². The van der Waals surface area contributed by atoms with Crippen molar-refractivity contribution >= 4 is 10.0 Å². The Bertz CT molecular complexity index is 1300. The Morgan fingerprint density at radius 1 is 0.490 bits per heavy atom. The second kappa shape index (κ2) is 15.9. The molecule has 17 atom stereocenters. The zero-order chi connectivity index (χ0) is 34.0. The minimum Gasteiger partial charge on any atom is -0.309 e. The Balaban J connectivity index is 0.00000374. The summed E-state index contributed by atoms with van der Waals surface area (Å²) in [5.74, 6) is 3.93. The number of fused-ring (bicyclic) bond motifs is 20. The van der Waals surface area contributed by atoms with E-state index in [0.29, 0.717) is 60.5 Å². The molecule has 5 aliphatic heterocycles. The SMILES string of the molecule is CN(C)CCCNS(=O)(=O)C1CCCC2C3NC4NC(NC5NC(NC6NC(NC(N3)C21)C1CCCCC61)C1CCCCC51)C1CCCCC41.[Cu]. The third-order valence-corrected chi connectivity index (χ3v) is 17.3. The van der Waals surface area contributed by atoms with Gasteiger partial charge < -0.3 is 4.90 Å². The molecule has 5 heterocycles. The van der Waals surface area contributed by atoms with Gasteiger partial charge in [0, 0.05) is 29.5 Å². The van der Waals surface area contributed by atoms with E-state index in [2.05, 4.69) is 52.2 Å². The van der Waals surface area contributed by atoms with Crippen LogP contribution < -0.4 is 47.3 Å². The molecule has 8 bridgehead atoms. The van der Waals surface area contributed by atoms with E-state index < -0.39 is 15.3 Å². The molecule has 9 rings (SSSR count). The van der Waals surface area contributed by atoms with Crippen molar-refractivity contribution in [2.45, 2.75) is 157 Å². The molecule has 14 heteroatoms. The van der Waals surface area contributed by atoms with Crippen LogP contribution in [0.1, 0.15) is 103 Å². The van der Waals surface area contributed by atoms with Gasteiger partial charge in [-0.25, -0.2) is 13.1 Å². The second-order valence-electron chi connectivity index (χ2n) is 18.3. The fourth-order valence-electron chi connectivity index (χ4n) is 13.1. The van der Waals surface area contributed by atoms with Crippen LogP contribution in [0, 0.1) is 47.3 Å². The van der Waals surface area contributed by atoms with E-state index in [1.165, 1.54) is 77.0 Å². The molecule has 0 aromatic rings. The average Bonchev–Trinajstić information content (AvgIpc) is 3.86. The zero-order valence-electron chi connectivity index (χ0n) is 31.0. The number of hydrogen-bond donors (Lipinski definition) is 9. The Kier molecular flexibility index (Phi) is 11.8. The molecule has 17 unspecified atom stereocenters. The molecule has 9 fully saturated rings. The van der Waals surface area contributed by atoms with Crippen LogP contribution in [0.15, 0.2) is 0 Å². The Labute approximate surface area is 318 Å². The van der Waals surface area contributed by atoms with Gasteiger partial charge in [0.2, 0.25) is 10.0 Å². The number of sulfonamides is 1. The predicted molar refractivity (Wildman–Crippen MR) is 196 cm³/mol. The van der Waals surface area contributed by atoms with E-state index in [0.717, 1.165) is 32.2 Å². The fourth-order valence-corrected chi connectivity index (χ4v) is 15.0. The molecule has 51 heavy (non-hydrogen) atoms. The first-order chi connectivity index (χ1) is 24.3. The van der Waals surface area contributed by atoms with E-state index in [-0.39, 0.29) is 59.7 Å². The van der Waals surface area contributed by atoms with E-state index >= 15 is 0 Å². The summed E-state index contributed by atoms with van der Waals surface area (Å²) in [6.07, 6.45) is 20.7. The van der Waals surface area contributed by atoms with Gasteiger partial charge in [0.05, 0.1) is 54.6 Å². The van der Waals surface area contributed by atoms with Crippen molar-refractivity contribution in [3.8, 4) is 0 Å².